The van der Waals surface area contributed by atoms with E-state index in [-0.39, 0.29) is 24.4 Å². The zero-order valence-electron chi connectivity index (χ0n) is 15.3. The molecular formula is C19H24N2O6. The Morgan fingerprint density at radius 1 is 1.15 bits per heavy atom. The Hall–Kier alpha value is -2.77. The monoisotopic (exact) mass is 376 g/mol. The van der Waals surface area contributed by atoms with E-state index in [0.29, 0.717) is 62.6 Å². The fraction of sp³-hybridized carbons (Fsp3) is 0.526. The number of carboxylic acids is 1. The molecule has 2 aliphatic rings. The van der Waals surface area contributed by atoms with Crippen LogP contribution in [0.5, 0.6) is 11.5 Å². The normalized spacial score (nSPS) is 19.1. The Bertz CT molecular complexity index is 735. The Kier molecular flexibility index (Phi) is 5.83. The molecule has 1 saturated heterocycles. The summed E-state index contributed by atoms with van der Waals surface area (Å²) < 4.78 is 11.0. The molecule has 1 aromatic carbocycles. The summed E-state index contributed by atoms with van der Waals surface area (Å²) in [6.45, 7) is 3.07. The summed E-state index contributed by atoms with van der Waals surface area (Å²) in [4.78, 5) is 38.9. The van der Waals surface area contributed by atoms with E-state index in [1.54, 1.807) is 23.1 Å². The van der Waals surface area contributed by atoms with Crippen LogP contribution in [0.4, 0.5) is 0 Å². The predicted octanol–water partition coefficient (Wildman–Crippen LogP) is 1.39. The van der Waals surface area contributed by atoms with Crippen molar-refractivity contribution < 1.29 is 29.0 Å². The average molecular weight is 376 g/mol. The van der Waals surface area contributed by atoms with Gasteiger partial charge >= 0.3 is 5.97 Å². The van der Waals surface area contributed by atoms with Crippen molar-refractivity contribution in [2.75, 3.05) is 32.8 Å². The number of hydrogen-bond donors (Lipinski definition) is 1. The van der Waals surface area contributed by atoms with Gasteiger partial charge in [-0.1, -0.05) is 0 Å². The number of hydrogen-bond acceptors (Lipinski definition) is 5. The van der Waals surface area contributed by atoms with Crippen molar-refractivity contribution in [2.24, 2.45) is 0 Å². The molecule has 0 unspecified atom stereocenters. The zero-order valence-corrected chi connectivity index (χ0v) is 15.3. The lowest BCUT2D eigenvalue weighted by Gasteiger charge is -2.29. The molecule has 0 spiro atoms. The number of fused-ring (bicyclic) bond motifs is 1. The van der Waals surface area contributed by atoms with Gasteiger partial charge < -0.3 is 24.4 Å². The summed E-state index contributed by atoms with van der Waals surface area (Å²) in [6.07, 6.45) is 1.95. The SMILES string of the molecule is CC(=O)N(CC(=O)O)[C@@H]1CCCN(C(=O)c2ccc3c(c2)OCCO3)CC1. The Morgan fingerprint density at radius 2 is 1.89 bits per heavy atom. The second kappa shape index (κ2) is 8.28. The number of rotatable bonds is 4. The maximum Gasteiger partial charge on any atom is 0.323 e. The molecule has 8 heteroatoms. The molecule has 2 amide bonds. The van der Waals surface area contributed by atoms with Crippen LogP contribution in [-0.4, -0.2) is 71.6 Å². The zero-order chi connectivity index (χ0) is 19.4. The van der Waals surface area contributed by atoms with Gasteiger partial charge in [-0.3, -0.25) is 14.4 Å². The molecule has 0 saturated carbocycles. The third-order valence-corrected chi connectivity index (χ3v) is 4.92. The van der Waals surface area contributed by atoms with Crippen LogP contribution < -0.4 is 9.47 Å². The lowest BCUT2D eigenvalue weighted by atomic mass is 10.1. The number of likely N-dealkylation sites (tertiary alicyclic amines) is 1. The number of nitrogens with zero attached hydrogens (tertiary/aromatic N) is 2. The minimum Gasteiger partial charge on any atom is -0.486 e. The molecule has 0 aliphatic carbocycles. The third-order valence-electron chi connectivity index (χ3n) is 4.92. The molecule has 0 bridgehead atoms. The maximum atomic E-state index is 12.9. The van der Waals surface area contributed by atoms with Gasteiger partial charge in [0.15, 0.2) is 11.5 Å². The molecule has 2 aliphatic heterocycles. The average Bonchev–Trinajstić information content (AvgIpc) is 2.91. The Labute approximate surface area is 157 Å². The van der Waals surface area contributed by atoms with Gasteiger partial charge in [0.1, 0.15) is 19.8 Å². The van der Waals surface area contributed by atoms with Gasteiger partial charge in [0.05, 0.1) is 0 Å². The van der Waals surface area contributed by atoms with E-state index in [9.17, 15) is 14.4 Å². The minimum atomic E-state index is -1.03. The summed E-state index contributed by atoms with van der Waals surface area (Å²) in [5.74, 6) is -0.170. The fourth-order valence-corrected chi connectivity index (χ4v) is 3.60. The quantitative estimate of drug-likeness (QED) is 0.853. The highest BCUT2D eigenvalue weighted by molar-refractivity contribution is 5.95. The lowest BCUT2D eigenvalue weighted by Crippen LogP contribution is -2.43. The smallest absolute Gasteiger partial charge is 0.323 e. The fourth-order valence-electron chi connectivity index (χ4n) is 3.60. The summed E-state index contributed by atoms with van der Waals surface area (Å²) in [5.41, 5.74) is 0.534. The van der Waals surface area contributed by atoms with Crippen molar-refractivity contribution >= 4 is 17.8 Å². The first-order valence-electron chi connectivity index (χ1n) is 9.13. The topological polar surface area (TPSA) is 96.4 Å². The molecule has 1 atom stereocenters. The molecule has 0 radical (unpaired) electrons. The summed E-state index contributed by atoms with van der Waals surface area (Å²) in [6, 6.07) is 5.00. The van der Waals surface area contributed by atoms with Crippen molar-refractivity contribution in [3.8, 4) is 11.5 Å². The highest BCUT2D eigenvalue weighted by atomic mass is 16.6. The highest BCUT2D eigenvalue weighted by Gasteiger charge is 2.28. The van der Waals surface area contributed by atoms with E-state index in [1.165, 1.54) is 11.8 Å². The highest BCUT2D eigenvalue weighted by Crippen LogP contribution is 2.31. The maximum absolute atomic E-state index is 12.9. The van der Waals surface area contributed by atoms with E-state index in [4.69, 9.17) is 14.6 Å². The summed E-state index contributed by atoms with van der Waals surface area (Å²) >= 11 is 0. The van der Waals surface area contributed by atoms with Crippen LogP contribution >= 0.6 is 0 Å². The van der Waals surface area contributed by atoms with Crippen molar-refractivity contribution in [1.29, 1.82) is 0 Å². The van der Waals surface area contributed by atoms with E-state index in [2.05, 4.69) is 0 Å². The molecule has 8 nitrogen and oxygen atoms in total. The van der Waals surface area contributed by atoms with Gasteiger partial charge in [0.25, 0.3) is 5.91 Å². The van der Waals surface area contributed by atoms with Crippen molar-refractivity contribution in [1.82, 2.24) is 9.80 Å². The molecule has 27 heavy (non-hydrogen) atoms. The predicted molar refractivity (Wildman–Crippen MR) is 96.0 cm³/mol. The van der Waals surface area contributed by atoms with Gasteiger partial charge in [-0.25, -0.2) is 0 Å². The van der Waals surface area contributed by atoms with E-state index < -0.39 is 5.97 Å². The largest absolute Gasteiger partial charge is 0.486 e. The van der Waals surface area contributed by atoms with Crippen LogP contribution in [0.1, 0.15) is 36.5 Å². The lowest BCUT2D eigenvalue weighted by molar-refractivity contribution is -0.145. The number of benzene rings is 1. The van der Waals surface area contributed by atoms with Crippen molar-refractivity contribution in [3.05, 3.63) is 23.8 Å². The van der Waals surface area contributed by atoms with Crippen LogP contribution in [0, 0.1) is 0 Å². The first-order chi connectivity index (χ1) is 13.0. The van der Waals surface area contributed by atoms with Gasteiger partial charge in [0, 0.05) is 31.6 Å². The van der Waals surface area contributed by atoms with Crippen molar-refractivity contribution in [2.45, 2.75) is 32.2 Å². The first kappa shape index (κ1) is 19.0. The van der Waals surface area contributed by atoms with E-state index in [1.807, 2.05) is 0 Å². The standard InChI is InChI=1S/C19H24N2O6/c1-13(22)21(12-18(23)24)15-3-2-7-20(8-6-15)19(25)14-4-5-16-17(11-14)27-10-9-26-16/h4-5,11,15H,2-3,6-10,12H2,1H3,(H,23,24)/t15-/m1/s1. The van der Waals surface area contributed by atoms with Crippen LogP contribution in [0.15, 0.2) is 18.2 Å². The first-order valence-corrected chi connectivity index (χ1v) is 9.13. The summed E-state index contributed by atoms with van der Waals surface area (Å²) in [5, 5.41) is 9.04. The van der Waals surface area contributed by atoms with Crippen LogP contribution in [0.25, 0.3) is 0 Å². The van der Waals surface area contributed by atoms with E-state index >= 15 is 0 Å². The molecule has 3 rings (SSSR count). The minimum absolute atomic E-state index is 0.0970. The second-order valence-corrected chi connectivity index (χ2v) is 6.78. The number of ether oxygens (including phenoxy) is 2. The number of carbonyl (C=O) groups excluding carboxylic acids is 2. The van der Waals surface area contributed by atoms with Gasteiger partial charge in [-0.05, 0) is 37.5 Å². The number of carboxylic acid groups (broad SMARTS) is 1. The second-order valence-electron chi connectivity index (χ2n) is 6.78. The van der Waals surface area contributed by atoms with Gasteiger partial charge in [-0.15, -0.1) is 0 Å². The summed E-state index contributed by atoms with van der Waals surface area (Å²) in [7, 11) is 0. The number of carbonyl (C=O) groups is 3. The number of aliphatic carboxylic acids is 1. The molecule has 1 fully saturated rings. The number of amides is 2. The van der Waals surface area contributed by atoms with Crippen molar-refractivity contribution in [3.63, 3.8) is 0 Å². The van der Waals surface area contributed by atoms with Crippen LogP contribution in [-0.2, 0) is 9.59 Å². The van der Waals surface area contributed by atoms with Gasteiger partial charge in [0.2, 0.25) is 5.91 Å². The van der Waals surface area contributed by atoms with Gasteiger partial charge in [-0.2, -0.15) is 0 Å². The third kappa shape index (κ3) is 4.50. The molecule has 1 N–H and O–H groups in total. The molecule has 1 aromatic rings. The molecule has 146 valence electrons. The van der Waals surface area contributed by atoms with Crippen LogP contribution in [0.2, 0.25) is 0 Å². The van der Waals surface area contributed by atoms with Crippen LogP contribution in [0.3, 0.4) is 0 Å². The Balaban J connectivity index is 1.67. The molecule has 2 heterocycles. The molecular weight excluding hydrogens is 352 g/mol. The van der Waals surface area contributed by atoms with E-state index in [0.717, 1.165) is 0 Å². The molecule has 0 aromatic heterocycles. The Morgan fingerprint density at radius 3 is 2.59 bits per heavy atom.